The number of nitrogens with two attached hydrogens (primary N) is 1. The zero-order valence-corrected chi connectivity index (χ0v) is 10.1. The summed E-state index contributed by atoms with van der Waals surface area (Å²) in [6.45, 7) is 1.47. The minimum Gasteiger partial charge on any atom is -0.482 e. The average molecular weight is 257 g/mol. The highest BCUT2D eigenvalue weighted by Gasteiger charge is 2.06. The Morgan fingerprint density at radius 1 is 1.47 bits per heavy atom. The molecule has 0 aliphatic carbocycles. The number of hydrogen-bond donors (Lipinski definition) is 2. The number of nitrogens with one attached hydrogen (secondary N) is 1. The number of benzene rings is 1. The van der Waals surface area contributed by atoms with Crippen LogP contribution in [0.5, 0.6) is 5.75 Å². The Labute approximate surface area is 104 Å². The first-order valence-electron chi connectivity index (χ1n) is 4.93. The fourth-order valence-electron chi connectivity index (χ4n) is 1.10. The molecule has 1 rings (SSSR count). The summed E-state index contributed by atoms with van der Waals surface area (Å²) >= 11 is 5.88. The van der Waals surface area contributed by atoms with Gasteiger partial charge in [-0.25, -0.2) is 0 Å². The lowest BCUT2D eigenvalue weighted by Gasteiger charge is -2.08. The van der Waals surface area contributed by atoms with E-state index in [4.69, 9.17) is 22.1 Å². The molecule has 5 nitrogen and oxygen atoms in total. The van der Waals surface area contributed by atoms with Crippen molar-refractivity contribution < 1.29 is 14.3 Å². The summed E-state index contributed by atoms with van der Waals surface area (Å²) in [5.74, 6) is -0.603. The van der Waals surface area contributed by atoms with Gasteiger partial charge in [0.25, 0.3) is 5.91 Å². The van der Waals surface area contributed by atoms with E-state index < -0.39 is 11.8 Å². The van der Waals surface area contributed by atoms with Crippen LogP contribution in [0.2, 0.25) is 5.02 Å². The quantitative estimate of drug-likeness (QED) is 0.811. The third-order valence-corrected chi connectivity index (χ3v) is 2.22. The number of aryl methyl sites for hydroxylation is 1. The van der Waals surface area contributed by atoms with E-state index in [0.29, 0.717) is 10.8 Å². The molecule has 0 spiro atoms. The first kappa shape index (κ1) is 13.3. The zero-order valence-electron chi connectivity index (χ0n) is 9.33. The number of primary amides is 1. The third-order valence-electron chi connectivity index (χ3n) is 1.91. The predicted molar refractivity (Wildman–Crippen MR) is 63.9 cm³/mol. The second-order valence-electron chi connectivity index (χ2n) is 3.47. The molecule has 0 aliphatic rings. The van der Waals surface area contributed by atoms with Crippen molar-refractivity contribution in [2.45, 2.75) is 6.92 Å². The lowest BCUT2D eigenvalue weighted by Crippen LogP contribution is -2.36. The van der Waals surface area contributed by atoms with Crippen molar-refractivity contribution in [2.24, 2.45) is 5.73 Å². The molecule has 1 aromatic rings. The second-order valence-corrected chi connectivity index (χ2v) is 3.87. The molecule has 92 valence electrons. The highest BCUT2D eigenvalue weighted by atomic mass is 35.5. The van der Waals surface area contributed by atoms with Gasteiger partial charge in [0.1, 0.15) is 5.75 Å². The fourth-order valence-corrected chi connectivity index (χ4v) is 1.27. The van der Waals surface area contributed by atoms with Crippen molar-refractivity contribution in [2.75, 3.05) is 13.2 Å². The van der Waals surface area contributed by atoms with Crippen LogP contribution < -0.4 is 15.8 Å². The van der Waals surface area contributed by atoms with Crippen LogP contribution in [0.3, 0.4) is 0 Å². The summed E-state index contributed by atoms with van der Waals surface area (Å²) in [6.07, 6.45) is 0. The Hall–Kier alpha value is -1.75. The number of carbonyl (C=O) groups is 2. The van der Waals surface area contributed by atoms with Crippen LogP contribution in [0.25, 0.3) is 0 Å². The SMILES string of the molecule is Cc1ccc(Cl)c(OCC(=O)NCC(N)=O)c1. The van der Waals surface area contributed by atoms with E-state index in [1.165, 1.54) is 0 Å². The Kier molecular flexibility index (Phi) is 4.78. The van der Waals surface area contributed by atoms with Gasteiger partial charge >= 0.3 is 0 Å². The molecule has 0 unspecified atom stereocenters. The van der Waals surface area contributed by atoms with Gasteiger partial charge in [0, 0.05) is 0 Å². The molecule has 0 heterocycles. The van der Waals surface area contributed by atoms with Gasteiger partial charge in [-0.05, 0) is 24.6 Å². The minimum absolute atomic E-state index is 0.205. The molecule has 1 aromatic carbocycles. The number of rotatable bonds is 5. The Bertz CT molecular complexity index is 435. The van der Waals surface area contributed by atoms with Crippen LogP contribution in [0.1, 0.15) is 5.56 Å². The van der Waals surface area contributed by atoms with Crippen molar-refractivity contribution in [3.63, 3.8) is 0 Å². The van der Waals surface area contributed by atoms with E-state index in [2.05, 4.69) is 5.32 Å². The van der Waals surface area contributed by atoms with Crippen LogP contribution in [0.15, 0.2) is 18.2 Å². The van der Waals surface area contributed by atoms with E-state index in [-0.39, 0.29) is 13.2 Å². The van der Waals surface area contributed by atoms with Gasteiger partial charge in [0.15, 0.2) is 6.61 Å². The molecule has 0 saturated carbocycles. The van der Waals surface area contributed by atoms with Crippen molar-refractivity contribution in [1.82, 2.24) is 5.32 Å². The molecule has 0 saturated heterocycles. The largest absolute Gasteiger partial charge is 0.482 e. The standard InChI is InChI=1S/C11H13ClN2O3/c1-7-2-3-8(12)9(4-7)17-6-11(16)14-5-10(13)15/h2-4H,5-6H2,1H3,(H2,13,15)(H,14,16). The lowest BCUT2D eigenvalue weighted by molar-refractivity contribution is -0.126. The first-order chi connectivity index (χ1) is 7.99. The van der Waals surface area contributed by atoms with Crippen molar-refractivity contribution in [1.29, 1.82) is 0 Å². The van der Waals surface area contributed by atoms with Gasteiger partial charge in [0.05, 0.1) is 11.6 Å². The second kappa shape index (κ2) is 6.10. The minimum atomic E-state index is -0.605. The summed E-state index contributed by atoms with van der Waals surface area (Å²) < 4.78 is 5.22. The Balaban J connectivity index is 2.47. The first-order valence-corrected chi connectivity index (χ1v) is 5.31. The van der Waals surface area contributed by atoms with Crippen LogP contribution >= 0.6 is 11.6 Å². The Morgan fingerprint density at radius 3 is 2.82 bits per heavy atom. The van der Waals surface area contributed by atoms with Crippen LogP contribution in [-0.2, 0) is 9.59 Å². The lowest BCUT2D eigenvalue weighted by atomic mass is 10.2. The fraction of sp³-hybridized carbons (Fsp3) is 0.273. The molecule has 2 amide bonds. The van der Waals surface area contributed by atoms with Crippen LogP contribution in [-0.4, -0.2) is 25.0 Å². The van der Waals surface area contributed by atoms with E-state index in [1.807, 2.05) is 13.0 Å². The monoisotopic (exact) mass is 256 g/mol. The maximum absolute atomic E-state index is 11.2. The molecular formula is C11H13ClN2O3. The molecular weight excluding hydrogens is 244 g/mol. The molecule has 0 radical (unpaired) electrons. The zero-order chi connectivity index (χ0) is 12.8. The maximum atomic E-state index is 11.2. The molecule has 0 aromatic heterocycles. The number of halogens is 1. The van der Waals surface area contributed by atoms with Crippen molar-refractivity contribution >= 4 is 23.4 Å². The third kappa shape index (κ3) is 4.74. The molecule has 0 atom stereocenters. The van der Waals surface area contributed by atoms with Gasteiger partial charge in [-0.3, -0.25) is 9.59 Å². The summed E-state index contributed by atoms with van der Waals surface area (Å²) in [5.41, 5.74) is 5.85. The van der Waals surface area contributed by atoms with Crippen LogP contribution in [0, 0.1) is 6.92 Å². The predicted octanol–water partition coefficient (Wildman–Crippen LogP) is 0.629. The smallest absolute Gasteiger partial charge is 0.258 e. The summed E-state index contributed by atoms with van der Waals surface area (Å²) in [4.78, 5) is 21.7. The molecule has 0 fully saturated rings. The number of hydrogen-bond acceptors (Lipinski definition) is 3. The molecule has 0 bridgehead atoms. The van der Waals surface area contributed by atoms with Gasteiger partial charge in [0.2, 0.25) is 5.91 Å². The summed E-state index contributed by atoms with van der Waals surface area (Å²) in [5, 5.41) is 2.73. The highest BCUT2D eigenvalue weighted by molar-refractivity contribution is 6.32. The number of ether oxygens (including phenoxy) is 1. The molecule has 17 heavy (non-hydrogen) atoms. The van der Waals surface area contributed by atoms with E-state index in [1.54, 1.807) is 12.1 Å². The number of carbonyl (C=O) groups excluding carboxylic acids is 2. The number of amides is 2. The highest BCUT2D eigenvalue weighted by Crippen LogP contribution is 2.24. The van der Waals surface area contributed by atoms with E-state index in [9.17, 15) is 9.59 Å². The molecule has 6 heteroatoms. The summed E-state index contributed by atoms with van der Waals surface area (Å²) in [6, 6.07) is 5.25. The van der Waals surface area contributed by atoms with Crippen molar-refractivity contribution in [3.05, 3.63) is 28.8 Å². The van der Waals surface area contributed by atoms with Gasteiger partial charge in [-0.1, -0.05) is 17.7 Å². The normalized spacial score (nSPS) is 9.76. The van der Waals surface area contributed by atoms with Crippen LogP contribution in [0.4, 0.5) is 0 Å². The van der Waals surface area contributed by atoms with Gasteiger partial charge < -0.3 is 15.8 Å². The molecule has 0 aliphatic heterocycles. The summed E-state index contributed by atoms with van der Waals surface area (Å²) in [7, 11) is 0. The van der Waals surface area contributed by atoms with Crippen molar-refractivity contribution in [3.8, 4) is 5.75 Å². The topological polar surface area (TPSA) is 81.4 Å². The van der Waals surface area contributed by atoms with E-state index >= 15 is 0 Å². The average Bonchev–Trinajstić information content (AvgIpc) is 2.27. The maximum Gasteiger partial charge on any atom is 0.258 e. The van der Waals surface area contributed by atoms with E-state index in [0.717, 1.165) is 5.56 Å². The Morgan fingerprint density at radius 2 is 2.18 bits per heavy atom. The van der Waals surface area contributed by atoms with Gasteiger partial charge in [-0.2, -0.15) is 0 Å². The molecule has 3 N–H and O–H groups in total. The van der Waals surface area contributed by atoms with Gasteiger partial charge in [-0.15, -0.1) is 0 Å².